The summed E-state index contributed by atoms with van der Waals surface area (Å²) in [6, 6.07) is 10.5. The van der Waals surface area contributed by atoms with Crippen LogP contribution in [0.25, 0.3) is 0 Å². The molecule has 4 rings (SSSR count). The molecule has 0 amide bonds. The van der Waals surface area contributed by atoms with Gasteiger partial charge in [-0.15, -0.1) is 0 Å². The molecule has 0 saturated carbocycles. The number of nitrogens with one attached hydrogen (secondary N) is 1. The third-order valence-electron chi connectivity index (χ3n) is 5.35. The topological polar surface area (TPSA) is 105 Å². The first-order chi connectivity index (χ1) is 14.0. The minimum atomic E-state index is -1.14. The molecular formula is C22H18NO6-. The molecule has 7 nitrogen and oxygen atoms in total. The number of carbonyl (C=O) groups excluding carboxylic acids is 3. The lowest BCUT2D eigenvalue weighted by Crippen LogP contribution is -2.48. The van der Waals surface area contributed by atoms with Gasteiger partial charge in [0.15, 0.2) is 0 Å². The molecule has 7 heteroatoms. The molecule has 0 radical (unpaired) electrons. The zero-order chi connectivity index (χ0) is 20.5. The van der Waals surface area contributed by atoms with Crippen LogP contribution in [0.1, 0.15) is 38.6 Å². The van der Waals surface area contributed by atoms with E-state index in [2.05, 4.69) is 5.32 Å². The van der Waals surface area contributed by atoms with Crippen LogP contribution in [0, 0.1) is 5.92 Å². The van der Waals surface area contributed by atoms with Crippen molar-refractivity contribution in [3.8, 4) is 5.75 Å². The van der Waals surface area contributed by atoms with E-state index in [9.17, 15) is 19.5 Å². The van der Waals surface area contributed by atoms with Gasteiger partial charge < -0.3 is 24.7 Å². The van der Waals surface area contributed by atoms with Gasteiger partial charge in [-0.3, -0.25) is 0 Å². The highest BCUT2D eigenvalue weighted by Gasteiger charge is 2.38. The van der Waals surface area contributed by atoms with Gasteiger partial charge in [-0.25, -0.2) is 9.59 Å². The summed E-state index contributed by atoms with van der Waals surface area (Å²) in [7, 11) is 1.25. The van der Waals surface area contributed by atoms with E-state index in [0.29, 0.717) is 17.7 Å². The lowest BCUT2D eigenvalue weighted by atomic mass is 9.79. The Kier molecular flexibility index (Phi) is 4.80. The highest BCUT2D eigenvalue weighted by atomic mass is 16.5. The summed E-state index contributed by atoms with van der Waals surface area (Å²) in [5, 5.41) is 14.5. The smallest absolute Gasteiger partial charge is 0.343 e. The van der Waals surface area contributed by atoms with Crippen molar-refractivity contribution in [2.75, 3.05) is 12.4 Å². The van der Waals surface area contributed by atoms with Crippen LogP contribution >= 0.6 is 0 Å². The summed E-state index contributed by atoms with van der Waals surface area (Å²) < 4.78 is 10.2. The highest BCUT2D eigenvalue weighted by Crippen LogP contribution is 2.44. The monoisotopic (exact) mass is 392 g/mol. The predicted octanol–water partition coefficient (Wildman–Crippen LogP) is 1.90. The Hall–Kier alpha value is -3.61. The third kappa shape index (κ3) is 3.35. The zero-order valence-corrected chi connectivity index (χ0v) is 15.6. The molecule has 3 atom stereocenters. The first kappa shape index (κ1) is 18.7. The number of fused-ring (bicyclic) bond motifs is 3. The van der Waals surface area contributed by atoms with Crippen molar-refractivity contribution in [1.82, 2.24) is 0 Å². The van der Waals surface area contributed by atoms with Crippen molar-refractivity contribution in [2.24, 2.45) is 5.92 Å². The number of hydrogen-bond donors (Lipinski definition) is 1. The lowest BCUT2D eigenvalue weighted by Gasteiger charge is -2.37. The fourth-order valence-electron chi connectivity index (χ4n) is 3.95. The number of hydrogen-bond acceptors (Lipinski definition) is 7. The molecule has 2 aromatic carbocycles. The van der Waals surface area contributed by atoms with Gasteiger partial charge in [0.05, 0.1) is 24.7 Å². The van der Waals surface area contributed by atoms with Gasteiger partial charge in [0, 0.05) is 11.6 Å². The molecule has 2 aliphatic rings. The van der Waals surface area contributed by atoms with E-state index in [1.807, 2.05) is 12.2 Å². The van der Waals surface area contributed by atoms with E-state index in [4.69, 9.17) is 9.47 Å². The van der Waals surface area contributed by atoms with E-state index >= 15 is 0 Å². The van der Waals surface area contributed by atoms with Crippen LogP contribution in [0.4, 0.5) is 5.69 Å². The van der Waals surface area contributed by atoms with Crippen molar-refractivity contribution in [2.45, 2.75) is 18.4 Å². The maximum atomic E-state index is 12.7. The Morgan fingerprint density at radius 1 is 1.10 bits per heavy atom. The number of aliphatic carboxylic acids is 1. The average molecular weight is 392 g/mol. The minimum absolute atomic E-state index is 0.107. The maximum absolute atomic E-state index is 12.7. The second kappa shape index (κ2) is 7.43. The van der Waals surface area contributed by atoms with E-state index in [1.54, 1.807) is 30.3 Å². The first-order valence-electron chi connectivity index (χ1n) is 9.17. The highest BCUT2D eigenvalue weighted by molar-refractivity contribution is 5.96. The Morgan fingerprint density at radius 3 is 2.66 bits per heavy atom. The van der Waals surface area contributed by atoms with E-state index in [-0.39, 0.29) is 23.1 Å². The Bertz CT molecular complexity index is 1030. The number of carboxylic acids is 1. The van der Waals surface area contributed by atoms with Crippen LogP contribution < -0.4 is 15.2 Å². The van der Waals surface area contributed by atoms with Crippen molar-refractivity contribution < 1.29 is 29.0 Å². The van der Waals surface area contributed by atoms with Gasteiger partial charge in [0.1, 0.15) is 11.3 Å². The van der Waals surface area contributed by atoms with E-state index in [1.165, 1.54) is 19.2 Å². The number of benzene rings is 2. The van der Waals surface area contributed by atoms with Crippen LogP contribution in [0.5, 0.6) is 5.75 Å². The summed E-state index contributed by atoms with van der Waals surface area (Å²) in [5.74, 6) is -2.55. The zero-order valence-electron chi connectivity index (χ0n) is 15.6. The number of esters is 2. The Morgan fingerprint density at radius 2 is 1.90 bits per heavy atom. The number of carbonyl (C=O) groups is 3. The molecule has 148 valence electrons. The first-order valence-corrected chi connectivity index (χ1v) is 9.17. The SMILES string of the molecule is COC(=O)c1ccccc1OC(=O)c1ccc2c(c1)[C@H]1C=CC[C@H]1[C@H](C(=O)[O-])N2. The summed E-state index contributed by atoms with van der Waals surface area (Å²) in [5.41, 5.74) is 1.94. The van der Waals surface area contributed by atoms with E-state index in [0.717, 1.165) is 5.56 Å². The predicted molar refractivity (Wildman–Crippen MR) is 102 cm³/mol. The molecule has 0 spiro atoms. The van der Waals surface area contributed by atoms with Crippen molar-refractivity contribution in [1.29, 1.82) is 0 Å². The standard InChI is InChI=1S/C22H19NO6/c1-28-22(27)15-5-2-3-8-18(15)29-21(26)12-9-10-17-16(11-12)13-6-4-7-14(13)19(23-17)20(24)25/h2-6,8-11,13-14,19,23H,7H2,1H3,(H,24,25)/p-1/t13-,14+,19+/m0/s1. The molecule has 0 saturated heterocycles. The molecule has 1 N–H and O–H groups in total. The number of carboxylic acid groups (broad SMARTS) is 1. The van der Waals surface area contributed by atoms with Crippen molar-refractivity contribution in [3.63, 3.8) is 0 Å². The third-order valence-corrected chi connectivity index (χ3v) is 5.35. The molecule has 0 aromatic heterocycles. The maximum Gasteiger partial charge on any atom is 0.343 e. The average Bonchev–Trinajstić information content (AvgIpc) is 3.22. The van der Waals surface area contributed by atoms with Crippen LogP contribution in [0.2, 0.25) is 0 Å². The molecule has 0 fully saturated rings. The molecule has 0 bridgehead atoms. The second-order valence-corrected chi connectivity index (χ2v) is 6.97. The number of ether oxygens (including phenoxy) is 2. The quantitative estimate of drug-likeness (QED) is 0.481. The van der Waals surface area contributed by atoms with Gasteiger partial charge in [0.2, 0.25) is 0 Å². The van der Waals surface area contributed by atoms with Crippen molar-refractivity contribution >= 4 is 23.6 Å². The molecule has 1 aliphatic heterocycles. The molecule has 1 heterocycles. The molecule has 29 heavy (non-hydrogen) atoms. The number of methoxy groups -OCH3 is 1. The van der Waals surface area contributed by atoms with E-state index < -0.39 is 23.9 Å². The number of allylic oxidation sites excluding steroid dienone is 2. The van der Waals surface area contributed by atoms with Gasteiger partial charge >= 0.3 is 11.9 Å². The van der Waals surface area contributed by atoms with Gasteiger partial charge in [0.25, 0.3) is 0 Å². The number of para-hydroxylation sites is 1. The van der Waals surface area contributed by atoms with Crippen LogP contribution in [-0.2, 0) is 9.53 Å². The fraction of sp³-hybridized carbons (Fsp3) is 0.227. The Labute approximate surface area is 166 Å². The summed E-state index contributed by atoms with van der Waals surface area (Å²) in [6.45, 7) is 0. The fourth-order valence-corrected chi connectivity index (χ4v) is 3.95. The van der Waals surface area contributed by atoms with Crippen molar-refractivity contribution in [3.05, 3.63) is 71.3 Å². The summed E-state index contributed by atoms with van der Waals surface area (Å²) in [6.07, 6.45) is 4.53. The van der Waals surface area contributed by atoms with Gasteiger partial charge in [-0.05, 0) is 48.2 Å². The minimum Gasteiger partial charge on any atom is -0.548 e. The summed E-state index contributed by atoms with van der Waals surface area (Å²) in [4.78, 5) is 36.1. The Balaban J connectivity index is 1.63. The lowest BCUT2D eigenvalue weighted by molar-refractivity contribution is -0.308. The van der Waals surface area contributed by atoms with Gasteiger partial charge in [-0.1, -0.05) is 24.3 Å². The normalized spacial score (nSPS) is 21.5. The van der Waals surface area contributed by atoms with Crippen LogP contribution in [0.3, 0.4) is 0 Å². The number of anilines is 1. The molecular weight excluding hydrogens is 374 g/mol. The second-order valence-electron chi connectivity index (χ2n) is 6.97. The molecule has 2 aromatic rings. The molecule has 0 unspecified atom stereocenters. The van der Waals surface area contributed by atoms with Crippen LogP contribution in [0.15, 0.2) is 54.6 Å². The van der Waals surface area contributed by atoms with Crippen LogP contribution in [-0.4, -0.2) is 31.1 Å². The molecule has 1 aliphatic carbocycles. The largest absolute Gasteiger partial charge is 0.548 e. The number of rotatable bonds is 4. The summed E-state index contributed by atoms with van der Waals surface area (Å²) >= 11 is 0. The van der Waals surface area contributed by atoms with Gasteiger partial charge in [-0.2, -0.15) is 0 Å².